The van der Waals surface area contributed by atoms with Crippen molar-refractivity contribution in [3.63, 3.8) is 0 Å². The summed E-state index contributed by atoms with van der Waals surface area (Å²) >= 11 is 0. The van der Waals surface area contributed by atoms with Gasteiger partial charge in [0.1, 0.15) is 35.6 Å². The molecule has 0 fully saturated rings. The van der Waals surface area contributed by atoms with Crippen LogP contribution in [0.5, 0.6) is 5.75 Å². The number of aromatic nitrogens is 5. The highest BCUT2D eigenvalue weighted by Gasteiger charge is 2.20. The molecule has 0 aliphatic heterocycles. The smallest absolute Gasteiger partial charge is 0.166 e. The van der Waals surface area contributed by atoms with E-state index in [2.05, 4.69) is 25.3 Å². The van der Waals surface area contributed by atoms with Crippen molar-refractivity contribution in [2.75, 3.05) is 18.2 Å². The number of rotatable bonds is 5. The first-order chi connectivity index (χ1) is 13.2. The number of nitrogen functional groups attached to an aromatic ring is 1. The number of ether oxygens (including phenoxy) is 1. The van der Waals surface area contributed by atoms with Gasteiger partial charge in [-0.1, -0.05) is 12.1 Å². The molecule has 8 heteroatoms. The fourth-order valence-corrected chi connectivity index (χ4v) is 2.98. The van der Waals surface area contributed by atoms with Crippen molar-refractivity contribution in [1.82, 2.24) is 24.5 Å². The Labute approximate surface area is 156 Å². The Kier molecular flexibility index (Phi) is 4.29. The molecule has 3 aromatic heterocycles. The first kappa shape index (κ1) is 16.8. The summed E-state index contributed by atoms with van der Waals surface area (Å²) in [5.74, 6) is 2.69. The molecule has 3 heterocycles. The zero-order valence-electron chi connectivity index (χ0n) is 15.0. The maximum Gasteiger partial charge on any atom is 0.166 e. The number of nitrogens with zero attached hydrogens (tertiary/aromatic N) is 5. The zero-order valence-corrected chi connectivity index (χ0v) is 15.0. The fourth-order valence-electron chi connectivity index (χ4n) is 2.98. The fraction of sp³-hybridized carbons (Fsp3) is 0.158. The van der Waals surface area contributed by atoms with E-state index in [9.17, 15) is 0 Å². The first-order valence-electron chi connectivity index (χ1n) is 8.40. The van der Waals surface area contributed by atoms with Crippen LogP contribution in [-0.4, -0.2) is 31.6 Å². The van der Waals surface area contributed by atoms with Crippen LogP contribution in [0.3, 0.4) is 0 Å². The van der Waals surface area contributed by atoms with Crippen molar-refractivity contribution in [3.8, 4) is 5.75 Å². The number of hydrogen-bond donors (Lipinski definition) is 2. The average molecular weight is 361 g/mol. The lowest BCUT2D eigenvalue weighted by Crippen LogP contribution is -2.18. The number of nitrogens with one attached hydrogen (secondary N) is 1. The number of aryl methyl sites for hydroxylation is 1. The second kappa shape index (κ2) is 6.91. The molecule has 4 aromatic rings. The number of imidazole rings is 1. The van der Waals surface area contributed by atoms with Gasteiger partial charge in [0.25, 0.3) is 0 Å². The highest BCUT2D eigenvalue weighted by Crippen LogP contribution is 2.29. The molecule has 1 atom stereocenters. The molecule has 0 amide bonds. The molecule has 3 N–H and O–H groups in total. The first-order valence-corrected chi connectivity index (χ1v) is 8.40. The average Bonchev–Trinajstić information content (AvgIpc) is 3.11. The molecule has 136 valence electrons. The van der Waals surface area contributed by atoms with Crippen molar-refractivity contribution in [1.29, 1.82) is 0 Å². The van der Waals surface area contributed by atoms with E-state index >= 15 is 0 Å². The summed E-state index contributed by atoms with van der Waals surface area (Å²) in [6, 6.07) is 11.2. The molecule has 0 aliphatic carbocycles. The van der Waals surface area contributed by atoms with Crippen molar-refractivity contribution in [2.45, 2.75) is 6.04 Å². The van der Waals surface area contributed by atoms with Crippen molar-refractivity contribution in [2.24, 2.45) is 7.05 Å². The Balaban J connectivity index is 1.82. The third-order valence-corrected chi connectivity index (χ3v) is 4.34. The van der Waals surface area contributed by atoms with Crippen LogP contribution < -0.4 is 15.8 Å². The Morgan fingerprint density at radius 3 is 2.81 bits per heavy atom. The lowest BCUT2D eigenvalue weighted by atomic mass is 10.1. The molecule has 1 unspecified atom stereocenters. The normalized spacial score (nSPS) is 12.1. The predicted octanol–water partition coefficient (Wildman–Crippen LogP) is 2.55. The van der Waals surface area contributed by atoms with E-state index in [-0.39, 0.29) is 6.04 Å². The van der Waals surface area contributed by atoms with Gasteiger partial charge in [0.05, 0.1) is 12.5 Å². The zero-order chi connectivity index (χ0) is 18.8. The van der Waals surface area contributed by atoms with Gasteiger partial charge in [-0.3, -0.25) is 0 Å². The second-order valence-electron chi connectivity index (χ2n) is 6.08. The summed E-state index contributed by atoms with van der Waals surface area (Å²) in [6.45, 7) is 0. The lowest BCUT2D eigenvalue weighted by molar-refractivity contribution is 0.414. The number of anilines is 2. The Bertz CT molecular complexity index is 1090. The molecule has 0 aliphatic rings. The van der Waals surface area contributed by atoms with Gasteiger partial charge in [-0.25, -0.2) is 19.9 Å². The van der Waals surface area contributed by atoms with E-state index in [1.165, 1.54) is 6.33 Å². The molecule has 0 saturated carbocycles. The molecule has 1 aromatic carbocycles. The van der Waals surface area contributed by atoms with Crippen LogP contribution in [0, 0.1) is 0 Å². The van der Waals surface area contributed by atoms with Crippen molar-refractivity contribution < 1.29 is 4.74 Å². The summed E-state index contributed by atoms with van der Waals surface area (Å²) in [5, 5.41) is 4.27. The number of nitrogens with two attached hydrogens (primary N) is 1. The van der Waals surface area contributed by atoms with Crippen molar-refractivity contribution >= 4 is 22.7 Å². The number of benzene rings is 1. The van der Waals surface area contributed by atoms with Crippen molar-refractivity contribution in [3.05, 3.63) is 66.5 Å². The maximum absolute atomic E-state index is 5.78. The quantitative estimate of drug-likeness (QED) is 0.563. The van der Waals surface area contributed by atoms with E-state index in [0.717, 1.165) is 22.5 Å². The highest BCUT2D eigenvalue weighted by molar-refractivity contribution is 5.87. The van der Waals surface area contributed by atoms with E-state index < -0.39 is 0 Å². The van der Waals surface area contributed by atoms with Gasteiger partial charge in [0, 0.05) is 19.4 Å². The highest BCUT2D eigenvalue weighted by atomic mass is 16.5. The van der Waals surface area contributed by atoms with Crippen LogP contribution in [0.2, 0.25) is 0 Å². The molecule has 0 bridgehead atoms. The summed E-state index contributed by atoms with van der Waals surface area (Å²) in [6.07, 6.45) is 5.15. The van der Waals surface area contributed by atoms with Gasteiger partial charge in [-0.15, -0.1) is 0 Å². The van der Waals surface area contributed by atoms with Gasteiger partial charge >= 0.3 is 0 Å². The van der Waals surface area contributed by atoms with Crippen LogP contribution in [-0.2, 0) is 7.05 Å². The number of hydrogen-bond acceptors (Lipinski definition) is 7. The van der Waals surface area contributed by atoms with Crippen LogP contribution >= 0.6 is 0 Å². The van der Waals surface area contributed by atoms with E-state index in [4.69, 9.17) is 10.5 Å². The molecule has 0 spiro atoms. The van der Waals surface area contributed by atoms with Crippen LogP contribution in [0.25, 0.3) is 11.0 Å². The van der Waals surface area contributed by atoms with E-state index in [0.29, 0.717) is 17.3 Å². The number of pyridine rings is 1. The minimum absolute atomic E-state index is 0.240. The van der Waals surface area contributed by atoms with Crippen LogP contribution in [0.1, 0.15) is 17.4 Å². The summed E-state index contributed by atoms with van der Waals surface area (Å²) < 4.78 is 7.35. The summed E-state index contributed by atoms with van der Waals surface area (Å²) in [5.41, 5.74) is 7.31. The van der Waals surface area contributed by atoms with E-state index in [1.807, 2.05) is 48.1 Å². The lowest BCUT2D eigenvalue weighted by Gasteiger charge is -2.21. The Hall–Kier alpha value is -3.68. The van der Waals surface area contributed by atoms with Gasteiger partial charge in [-0.2, -0.15) is 0 Å². The number of fused-ring (bicyclic) bond motifs is 1. The third kappa shape index (κ3) is 3.24. The van der Waals surface area contributed by atoms with Gasteiger partial charge in [0.15, 0.2) is 5.65 Å². The van der Waals surface area contributed by atoms with Crippen LogP contribution in [0.15, 0.2) is 55.1 Å². The summed E-state index contributed by atoms with van der Waals surface area (Å²) in [7, 11) is 3.61. The SMILES string of the molecule is COc1cccc(C(Nc2ncnc3nc(N)ccc23)c2nccn2C)c1. The predicted molar refractivity (Wildman–Crippen MR) is 103 cm³/mol. The monoisotopic (exact) mass is 361 g/mol. The second-order valence-corrected chi connectivity index (χ2v) is 6.08. The van der Waals surface area contributed by atoms with Gasteiger partial charge < -0.3 is 20.4 Å². The minimum Gasteiger partial charge on any atom is -0.497 e. The van der Waals surface area contributed by atoms with Gasteiger partial charge in [0.2, 0.25) is 0 Å². The van der Waals surface area contributed by atoms with Gasteiger partial charge in [-0.05, 0) is 29.8 Å². The van der Waals surface area contributed by atoms with Crippen LogP contribution in [0.4, 0.5) is 11.6 Å². The Morgan fingerprint density at radius 1 is 1.15 bits per heavy atom. The number of methoxy groups -OCH3 is 1. The largest absolute Gasteiger partial charge is 0.497 e. The molecule has 8 nitrogen and oxygen atoms in total. The molecular weight excluding hydrogens is 342 g/mol. The molecular formula is C19H19N7O. The topological polar surface area (TPSA) is 104 Å². The Morgan fingerprint density at radius 2 is 2.04 bits per heavy atom. The summed E-state index contributed by atoms with van der Waals surface area (Å²) in [4.78, 5) is 17.4. The molecule has 0 radical (unpaired) electrons. The standard InChI is InChI=1S/C19H19N7O/c1-26-9-8-21-19(26)16(12-4-3-5-13(10-12)27-2)25-18-14-6-7-15(20)24-17(14)22-11-23-18/h3-11,16H,1-2H3,(H3,20,22,23,24,25). The minimum atomic E-state index is -0.240. The maximum atomic E-state index is 5.78. The molecule has 27 heavy (non-hydrogen) atoms. The van der Waals surface area contributed by atoms with E-state index in [1.54, 1.807) is 19.4 Å². The third-order valence-electron chi connectivity index (χ3n) is 4.34. The molecule has 4 rings (SSSR count). The molecule has 0 saturated heterocycles.